The Bertz CT molecular complexity index is 237. The van der Waals surface area contributed by atoms with Gasteiger partial charge in [0.1, 0.15) is 0 Å². The molecule has 112 valence electrons. The molecule has 2 atom stereocenters. The third-order valence-electron chi connectivity index (χ3n) is 2.96. The molecule has 0 N–H and O–H groups in total. The molecule has 0 aliphatic heterocycles. The van der Waals surface area contributed by atoms with Gasteiger partial charge >= 0.3 is 11.9 Å². The van der Waals surface area contributed by atoms with Crippen LogP contribution in [0.15, 0.2) is 0 Å². The Hall–Kier alpha value is -1.06. The van der Waals surface area contributed by atoms with Crippen molar-refractivity contribution in [1.29, 1.82) is 0 Å². The van der Waals surface area contributed by atoms with Gasteiger partial charge in [-0.15, -0.1) is 0 Å². The van der Waals surface area contributed by atoms with Crippen molar-refractivity contribution in [3.8, 4) is 0 Å². The largest absolute Gasteiger partial charge is 0.463 e. The molecule has 2 unspecified atom stereocenters. The van der Waals surface area contributed by atoms with Crippen LogP contribution in [0.5, 0.6) is 0 Å². The van der Waals surface area contributed by atoms with Crippen LogP contribution in [0.4, 0.5) is 0 Å². The predicted octanol–water partition coefficient (Wildman–Crippen LogP) is 3.62. The summed E-state index contributed by atoms with van der Waals surface area (Å²) in [6.45, 7) is 6.76. The zero-order valence-electron chi connectivity index (χ0n) is 12.7. The van der Waals surface area contributed by atoms with Crippen LogP contribution < -0.4 is 0 Å². The smallest absolute Gasteiger partial charge is 0.302 e. The summed E-state index contributed by atoms with van der Waals surface area (Å²) >= 11 is 0. The maximum absolute atomic E-state index is 10.7. The fourth-order valence-electron chi connectivity index (χ4n) is 2.08. The van der Waals surface area contributed by atoms with Gasteiger partial charge in [0.2, 0.25) is 0 Å². The van der Waals surface area contributed by atoms with Crippen LogP contribution in [-0.2, 0) is 19.1 Å². The van der Waals surface area contributed by atoms with Crippen LogP contribution in [0.2, 0.25) is 0 Å². The van der Waals surface area contributed by atoms with Gasteiger partial charge in [-0.25, -0.2) is 0 Å². The van der Waals surface area contributed by atoms with E-state index < -0.39 is 0 Å². The van der Waals surface area contributed by atoms with Crippen LogP contribution in [0.3, 0.4) is 0 Å². The molecule has 4 heteroatoms. The number of carbonyl (C=O) groups excluding carboxylic acids is 2. The lowest BCUT2D eigenvalue weighted by atomic mass is 10.1. The molecule has 4 nitrogen and oxygen atoms in total. The minimum absolute atomic E-state index is 0.0292. The van der Waals surface area contributed by atoms with Crippen molar-refractivity contribution in [2.45, 2.75) is 84.8 Å². The lowest BCUT2D eigenvalue weighted by Gasteiger charge is -2.12. The minimum atomic E-state index is -0.202. The van der Waals surface area contributed by atoms with Gasteiger partial charge in [0.05, 0.1) is 12.2 Å². The highest BCUT2D eigenvalue weighted by molar-refractivity contribution is 5.66. The van der Waals surface area contributed by atoms with Crippen LogP contribution in [0.25, 0.3) is 0 Å². The molecule has 0 saturated heterocycles. The van der Waals surface area contributed by atoms with Crippen LogP contribution in [0, 0.1) is 0 Å². The summed E-state index contributed by atoms with van der Waals surface area (Å²) in [5.41, 5.74) is 0. The van der Waals surface area contributed by atoms with Crippen molar-refractivity contribution in [3.05, 3.63) is 0 Å². The molecule has 0 spiro atoms. The summed E-state index contributed by atoms with van der Waals surface area (Å²) in [5.74, 6) is -0.404. The number of unbranched alkanes of at least 4 members (excludes halogenated alkanes) is 4. The van der Waals surface area contributed by atoms with Crippen LogP contribution in [0.1, 0.15) is 72.6 Å². The van der Waals surface area contributed by atoms with E-state index in [-0.39, 0.29) is 24.1 Å². The molecule has 0 aromatic carbocycles. The highest BCUT2D eigenvalue weighted by Gasteiger charge is 2.06. The second-order valence-corrected chi connectivity index (χ2v) is 5.19. The average Bonchev–Trinajstić information content (AvgIpc) is 2.25. The zero-order valence-corrected chi connectivity index (χ0v) is 12.7. The highest BCUT2D eigenvalue weighted by Crippen LogP contribution is 2.12. The van der Waals surface area contributed by atoms with Crippen molar-refractivity contribution in [1.82, 2.24) is 0 Å². The maximum atomic E-state index is 10.7. The summed E-state index contributed by atoms with van der Waals surface area (Å²) in [7, 11) is 0. The molecule has 0 radical (unpaired) electrons. The van der Waals surface area contributed by atoms with Crippen molar-refractivity contribution >= 4 is 11.9 Å². The van der Waals surface area contributed by atoms with Crippen molar-refractivity contribution < 1.29 is 19.1 Å². The average molecular weight is 272 g/mol. The molecule has 0 aliphatic carbocycles. The number of carbonyl (C=O) groups is 2. The predicted molar refractivity (Wildman–Crippen MR) is 74.8 cm³/mol. The van der Waals surface area contributed by atoms with Crippen LogP contribution in [-0.4, -0.2) is 24.1 Å². The first-order valence-electron chi connectivity index (χ1n) is 7.26. The van der Waals surface area contributed by atoms with Crippen LogP contribution >= 0.6 is 0 Å². The minimum Gasteiger partial charge on any atom is -0.463 e. The standard InChI is InChI=1S/C15H28O4/c1-12(18-14(3)16)10-8-6-5-7-9-11-13(2)19-15(4)17/h12-13H,5-11H2,1-4H3. The quantitative estimate of drug-likeness (QED) is 0.450. The van der Waals surface area contributed by atoms with Gasteiger partial charge in [-0.3, -0.25) is 9.59 Å². The Labute approximate surface area is 116 Å². The van der Waals surface area contributed by atoms with E-state index in [9.17, 15) is 9.59 Å². The molecule has 0 fully saturated rings. The van der Waals surface area contributed by atoms with Gasteiger partial charge in [0.15, 0.2) is 0 Å². The van der Waals surface area contributed by atoms with Gasteiger partial charge < -0.3 is 9.47 Å². The Balaban J connectivity index is 3.31. The number of esters is 2. The number of hydrogen-bond donors (Lipinski definition) is 0. The Morgan fingerprint density at radius 2 is 1.05 bits per heavy atom. The topological polar surface area (TPSA) is 52.6 Å². The zero-order chi connectivity index (χ0) is 14.7. The molecule has 0 amide bonds. The first-order valence-corrected chi connectivity index (χ1v) is 7.26. The van der Waals surface area contributed by atoms with Gasteiger partial charge in [-0.05, 0) is 39.5 Å². The lowest BCUT2D eigenvalue weighted by molar-refractivity contribution is -0.146. The normalized spacial score (nSPS) is 13.7. The summed E-state index contributed by atoms with van der Waals surface area (Å²) < 4.78 is 10.1. The molecule has 19 heavy (non-hydrogen) atoms. The third-order valence-corrected chi connectivity index (χ3v) is 2.96. The summed E-state index contributed by atoms with van der Waals surface area (Å²) in [5, 5.41) is 0. The Morgan fingerprint density at radius 1 is 0.737 bits per heavy atom. The SMILES string of the molecule is CC(=O)OC(C)CCCCCCCC(C)OC(C)=O. The molecule has 0 saturated carbocycles. The second-order valence-electron chi connectivity index (χ2n) is 5.19. The fourth-order valence-corrected chi connectivity index (χ4v) is 2.08. The Kier molecular flexibility index (Phi) is 10.2. The third kappa shape index (κ3) is 13.2. The second kappa shape index (κ2) is 10.8. The molecule has 0 bridgehead atoms. The fraction of sp³-hybridized carbons (Fsp3) is 0.867. The van der Waals surface area contributed by atoms with E-state index in [0.29, 0.717) is 0 Å². The molecule has 0 aliphatic rings. The Morgan fingerprint density at radius 3 is 1.37 bits per heavy atom. The van der Waals surface area contributed by atoms with E-state index in [1.807, 2.05) is 13.8 Å². The first-order chi connectivity index (χ1) is 8.91. The highest BCUT2D eigenvalue weighted by atomic mass is 16.5. The first kappa shape index (κ1) is 17.9. The van der Waals surface area contributed by atoms with E-state index >= 15 is 0 Å². The summed E-state index contributed by atoms with van der Waals surface area (Å²) in [6.07, 6.45) is 7.61. The van der Waals surface area contributed by atoms with E-state index in [4.69, 9.17) is 9.47 Å². The van der Waals surface area contributed by atoms with E-state index in [1.165, 1.54) is 20.3 Å². The van der Waals surface area contributed by atoms with E-state index in [0.717, 1.165) is 38.5 Å². The molecule has 0 rings (SSSR count). The molecule has 0 heterocycles. The van der Waals surface area contributed by atoms with Crippen molar-refractivity contribution in [2.75, 3.05) is 0 Å². The van der Waals surface area contributed by atoms with Gasteiger partial charge in [0, 0.05) is 13.8 Å². The molecule has 0 aromatic heterocycles. The van der Waals surface area contributed by atoms with E-state index in [2.05, 4.69) is 0 Å². The van der Waals surface area contributed by atoms with E-state index in [1.54, 1.807) is 0 Å². The van der Waals surface area contributed by atoms with Crippen molar-refractivity contribution in [2.24, 2.45) is 0 Å². The van der Waals surface area contributed by atoms with Gasteiger partial charge in [-0.1, -0.05) is 19.3 Å². The molecular formula is C15H28O4. The lowest BCUT2D eigenvalue weighted by Crippen LogP contribution is -2.12. The van der Waals surface area contributed by atoms with Gasteiger partial charge in [-0.2, -0.15) is 0 Å². The van der Waals surface area contributed by atoms with Crippen molar-refractivity contribution in [3.63, 3.8) is 0 Å². The summed E-state index contributed by atoms with van der Waals surface area (Å²) in [6, 6.07) is 0. The number of ether oxygens (including phenoxy) is 2. The molecular weight excluding hydrogens is 244 g/mol. The van der Waals surface area contributed by atoms with Gasteiger partial charge in [0.25, 0.3) is 0 Å². The monoisotopic (exact) mass is 272 g/mol. The number of rotatable bonds is 10. The summed E-state index contributed by atoms with van der Waals surface area (Å²) in [4.78, 5) is 21.4. The maximum Gasteiger partial charge on any atom is 0.302 e. The molecule has 0 aromatic rings. The number of hydrogen-bond acceptors (Lipinski definition) is 4.